The summed E-state index contributed by atoms with van der Waals surface area (Å²) >= 11 is 3.39. The van der Waals surface area contributed by atoms with Gasteiger partial charge in [-0.1, -0.05) is 28.9 Å². The fourth-order valence-corrected chi connectivity index (χ4v) is 2.59. The van der Waals surface area contributed by atoms with Gasteiger partial charge in [0.05, 0.1) is 6.10 Å². The number of benzene rings is 1. The third kappa shape index (κ3) is 2.75. The summed E-state index contributed by atoms with van der Waals surface area (Å²) in [5.41, 5.74) is 1.68. The van der Waals surface area contributed by atoms with Gasteiger partial charge in [0.2, 0.25) is 0 Å². The van der Waals surface area contributed by atoms with Crippen LogP contribution >= 0.6 is 15.9 Å². The lowest BCUT2D eigenvalue weighted by molar-refractivity contribution is 0.0248. The van der Waals surface area contributed by atoms with E-state index >= 15 is 0 Å². The molecule has 1 fully saturated rings. The molecule has 0 saturated carbocycles. The Kier molecular flexibility index (Phi) is 4.07. The molecule has 0 spiro atoms. The van der Waals surface area contributed by atoms with Crippen molar-refractivity contribution in [1.29, 1.82) is 0 Å². The number of amides is 1. The molecular weight excluding hydrogens is 294 g/mol. The molecule has 0 bridgehead atoms. The Bertz CT molecular complexity index is 461. The molecule has 18 heavy (non-hydrogen) atoms. The molecule has 1 aromatic carbocycles. The van der Waals surface area contributed by atoms with Crippen LogP contribution in [-0.2, 0) is 0 Å². The summed E-state index contributed by atoms with van der Waals surface area (Å²) in [5.74, 6) is 0.289. The molecular formula is C14H18BrNO2. The summed E-state index contributed by atoms with van der Waals surface area (Å²) in [5, 5.41) is 9.86. The van der Waals surface area contributed by atoms with Crippen LogP contribution in [-0.4, -0.2) is 35.1 Å². The van der Waals surface area contributed by atoms with Crippen molar-refractivity contribution in [1.82, 2.24) is 4.90 Å². The number of rotatable bonds is 1. The van der Waals surface area contributed by atoms with Gasteiger partial charge in [-0.25, -0.2) is 0 Å². The maximum Gasteiger partial charge on any atom is 0.254 e. The largest absolute Gasteiger partial charge is 0.391 e. The third-order valence-electron chi connectivity index (χ3n) is 3.64. The summed E-state index contributed by atoms with van der Waals surface area (Å²) in [6, 6.07) is 5.71. The first-order valence-electron chi connectivity index (χ1n) is 6.22. The number of piperidine rings is 1. The molecule has 1 aromatic rings. The molecule has 98 valence electrons. The lowest BCUT2D eigenvalue weighted by Gasteiger charge is -2.34. The number of aryl methyl sites for hydroxylation is 1. The van der Waals surface area contributed by atoms with Gasteiger partial charge < -0.3 is 10.0 Å². The highest BCUT2D eigenvalue weighted by Crippen LogP contribution is 2.22. The summed E-state index contributed by atoms with van der Waals surface area (Å²) in [4.78, 5) is 14.2. The Morgan fingerprint density at radius 3 is 2.89 bits per heavy atom. The van der Waals surface area contributed by atoms with Crippen molar-refractivity contribution in [3.63, 3.8) is 0 Å². The van der Waals surface area contributed by atoms with Crippen molar-refractivity contribution in [2.75, 3.05) is 13.1 Å². The predicted molar refractivity (Wildman–Crippen MR) is 74.6 cm³/mol. The number of halogens is 1. The molecule has 1 saturated heterocycles. The normalized spacial score (nSPS) is 24.1. The molecule has 1 aliphatic heterocycles. The van der Waals surface area contributed by atoms with Gasteiger partial charge in [0, 0.05) is 23.1 Å². The Morgan fingerprint density at radius 1 is 1.50 bits per heavy atom. The van der Waals surface area contributed by atoms with Gasteiger partial charge in [-0.2, -0.15) is 0 Å². The van der Waals surface area contributed by atoms with Crippen molar-refractivity contribution in [2.45, 2.75) is 26.4 Å². The second kappa shape index (κ2) is 5.41. The van der Waals surface area contributed by atoms with E-state index in [4.69, 9.17) is 0 Å². The maximum absolute atomic E-state index is 12.4. The number of carbonyl (C=O) groups is 1. The van der Waals surface area contributed by atoms with Gasteiger partial charge in [-0.15, -0.1) is 0 Å². The van der Waals surface area contributed by atoms with Crippen LogP contribution in [0.1, 0.15) is 29.3 Å². The van der Waals surface area contributed by atoms with E-state index in [9.17, 15) is 9.90 Å². The Labute approximate surface area is 116 Å². The molecule has 0 aromatic heterocycles. The van der Waals surface area contributed by atoms with Crippen LogP contribution in [0.15, 0.2) is 22.7 Å². The summed E-state index contributed by atoms with van der Waals surface area (Å²) in [7, 11) is 0. The molecule has 2 rings (SSSR count). The first-order chi connectivity index (χ1) is 8.49. The van der Waals surface area contributed by atoms with E-state index in [1.165, 1.54) is 0 Å². The number of aliphatic hydroxyl groups is 1. The third-order valence-corrected chi connectivity index (χ3v) is 4.13. The molecule has 1 amide bonds. The summed E-state index contributed by atoms with van der Waals surface area (Å²) < 4.78 is 0.905. The lowest BCUT2D eigenvalue weighted by Crippen LogP contribution is -2.46. The fraction of sp³-hybridized carbons (Fsp3) is 0.500. The van der Waals surface area contributed by atoms with Crippen LogP contribution in [0, 0.1) is 12.8 Å². The van der Waals surface area contributed by atoms with E-state index in [-0.39, 0.29) is 11.8 Å². The molecule has 0 radical (unpaired) electrons. The molecule has 4 heteroatoms. The van der Waals surface area contributed by atoms with Gasteiger partial charge in [0.1, 0.15) is 0 Å². The molecule has 1 aliphatic rings. The zero-order valence-electron chi connectivity index (χ0n) is 10.7. The van der Waals surface area contributed by atoms with E-state index in [2.05, 4.69) is 15.9 Å². The first-order valence-corrected chi connectivity index (χ1v) is 7.02. The fourth-order valence-electron chi connectivity index (χ4n) is 2.23. The van der Waals surface area contributed by atoms with Crippen molar-refractivity contribution < 1.29 is 9.90 Å². The maximum atomic E-state index is 12.4. The number of nitrogens with zero attached hydrogens (tertiary/aromatic N) is 1. The number of hydrogen-bond donors (Lipinski definition) is 1. The highest BCUT2D eigenvalue weighted by Gasteiger charge is 2.28. The van der Waals surface area contributed by atoms with Gasteiger partial charge in [-0.05, 0) is 37.0 Å². The second-order valence-corrected chi connectivity index (χ2v) is 5.96. The van der Waals surface area contributed by atoms with Gasteiger partial charge in [-0.3, -0.25) is 4.79 Å². The Hall–Kier alpha value is -0.870. The first kappa shape index (κ1) is 13.6. The van der Waals surface area contributed by atoms with Crippen molar-refractivity contribution in [3.05, 3.63) is 33.8 Å². The van der Waals surface area contributed by atoms with E-state index < -0.39 is 6.10 Å². The molecule has 0 aliphatic carbocycles. The van der Waals surface area contributed by atoms with Gasteiger partial charge >= 0.3 is 0 Å². The second-order valence-electron chi connectivity index (χ2n) is 5.04. The summed E-state index contributed by atoms with van der Waals surface area (Å²) in [6.07, 6.45) is 0.454. The number of aliphatic hydroxyl groups excluding tert-OH is 1. The smallest absolute Gasteiger partial charge is 0.254 e. The minimum atomic E-state index is -0.407. The molecule has 2 atom stereocenters. The topological polar surface area (TPSA) is 40.5 Å². The van der Waals surface area contributed by atoms with Crippen molar-refractivity contribution >= 4 is 21.8 Å². The highest BCUT2D eigenvalue weighted by molar-refractivity contribution is 9.10. The molecule has 1 N–H and O–H groups in total. The van der Waals surface area contributed by atoms with Crippen LogP contribution in [0.25, 0.3) is 0 Å². The SMILES string of the molecule is Cc1ccc(Br)cc1C(=O)N1CCC(C)C(O)C1. The van der Waals surface area contributed by atoms with Crippen molar-refractivity contribution in [2.24, 2.45) is 5.92 Å². The average Bonchev–Trinajstić information content (AvgIpc) is 2.35. The van der Waals surface area contributed by atoms with Crippen LogP contribution in [0.2, 0.25) is 0 Å². The Morgan fingerprint density at radius 2 is 2.22 bits per heavy atom. The average molecular weight is 312 g/mol. The zero-order valence-corrected chi connectivity index (χ0v) is 12.3. The highest BCUT2D eigenvalue weighted by atomic mass is 79.9. The minimum absolute atomic E-state index is 0.0137. The Balaban J connectivity index is 2.19. The lowest BCUT2D eigenvalue weighted by atomic mass is 9.95. The number of likely N-dealkylation sites (tertiary alicyclic amines) is 1. The molecule has 1 heterocycles. The van der Waals surface area contributed by atoms with Gasteiger partial charge in [0.15, 0.2) is 0 Å². The van der Waals surface area contributed by atoms with Gasteiger partial charge in [0.25, 0.3) is 5.91 Å². The number of hydrogen-bond acceptors (Lipinski definition) is 2. The van der Waals surface area contributed by atoms with Crippen LogP contribution in [0.5, 0.6) is 0 Å². The van der Waals surface area contributed by atoms with E-state index in [0.29, 0.717) is 12.1 Å². The minimum Gasteiger partial charge on any atom is -0.391 e. The zero-order chi connectivity index (χ0) is 13.3. The standard InChI is InChI=1S/C14H18BrNO2/c1-9-3-4-11(15)7-12(9)14(18)16-6-5-10(2)13(17)8-16/h3-4,7,10,13,17H,5-6,8H2,1-2H3. The van der Waals surface area contributed by atoms with E-state index in [1.54, 1.807) is 4.90 Å². The monoisotopic (exact) mass is 311 g/mol. The van der Waals surface area contributed by atoms with E-state index in [0.717, 1.165) is 23.0 Å². The van der Waals surface area contributed by atoms with Crippen LogP contribution in [0.4, 0.5) is 0 Å². The summed E-state index contributed by atoms with van der Waals surface area (Å²) in [6.45, 7) is 5.12. The molecule has 2 unspecified atom stereocenters. The van der Waals surface area contributed by atoms with Crippen LogP contribution in [0.3, 0.4) is 0 Å². The number of β-amino-alcohol motifs (C(OH)–C–C–N with tert-alkyl or cyclic N) is 1. The number of carbonyl (C=O) groups excluding carboxylic acids is 1. The molecule has 3 nitrogen and oxygen atoms in total. The quantitative estimate of drug-likeness (QED) is 0.866. The predicted octanol–water partition coefficient (Wildman–Crippen LogP) is 2.60. The van der Waals surface area contributed by atoms with E-state index in [1.807, 2.05) is 32.0 Å². The van der Waals surface area contributed by atoms with Crippen LogP contribution < -0.4 is 0 Å². The van der Waals surface area contributed by atoms with Crippen molar-refractivity contribution in [3.8, 4) is 0 Å².